The molecule has 8 heteroatoms. The zero-order valence-corrected chi connectivity index (χ0v) is 10.1. The second-order valence-corrected chi connectivity index (χ2v) is 4.94. The summed E-state index contributed by atoms with van der Waals surface area (Å²) in [6.07, 6.45) is 0. The Kier molecular flexibility index (Phi) is 4.78. The lowest BCUT2D eigenvalue weighted by atomic mass is 10.2. The number of amides is 2. The number of nitrogens with two attached hydrogens (primary N) is 2. The molecule has 0 saturated heterocycles. The average molecular weight is 273 g/mol. The lowest BCUT2D eigenvalue weighted by Crippen LogP contribution is -2.26. The number of nitrogens with one attached hydrogen (secondary N) is 1. The fourth-order valence-electron chi connectivity index (χ4n) is 1.17. The van der Waals surface area contributed by atoms with Crippen molar-refractivity contribution in [2.45, 2.75) is 0 Å². The average Bonchev–Trinajstić information content (AvgIpc) is 2.21. The molecule has 0 aliphatic heterocycles. The van der Waals surface area contributed by atoms with E-state index in [1.807, 2.05) is 0 Å². The zero-order chi connectivity index (χ0) is 13.7. The molecule has 1 unspecified atom stereocenters. The van der Waals surface area contributed by atoms with E-state index in [0.29, 0.717) is 0 Å². The van der Waals surface area contributed by atoms with Crippen molar-refractivity contribution in [2.75, 3.05) is 22.6 Å². The van der Waals surface area contributed by atoms with Gasteiger partial charge < -0.3 is 16.8 Å². The van der Waals surface area contributed by atoms with Crippen LogP contribution in [0, 0.1) is 5.82 Å². The molecule has 0 aromatic heterocycles. The van der Waals surface area contributed by atoms with Gasteiger partial charge in [0.25, 0.3) is 0 Å². The molecule has 0 radical (unpaired) electrons. The number of benzene rings is 1. The molecule has 1 rings (SSSR count). The molecule has 0 aliphatic carbocycles. The molecule has 0 spiro atoms. The van der Waals surface area contributed by atoms with E-state index in [0.717, 1.165) is 6.07 Å². The third-order valence-electron chi connectivity index (χ3n) is 1.88. The van der Waals surface area contributed by atoms with Gasteiger partial charge >= 0.3 is 0 Å². The van der Waals surface area contributed by atoms with Crippen molar-refractivity contribution in [3.05, 3.63) is 24.0 Å². The number of anilines is 2. The third-order valence-corrected chi connectivity index (χ3v) is 3.07. The van der Waals surface area contributed by atoms with E-state index >= 15 is 0 Å². The molecule has 2 amide bonds. The summed E-state index contributed by atoms with van der Waals surface area (Å²) < 4.78 is 24.1. The van der Waals surface area contributed by atoms with Crippen molar-refractivity contribution in [3.8, 4) is 0 Å². The Bertz CT molecular complexity index is 507. The summed E-state index contributed by atoms with van der Waals surface area (Å²) >= 11 is 0. The number of nitrogen functional groups attached to an aromatic ring is 1. The maximum Gasteiger partial charge on any atom is 0.237 e. The van der Waals surface area contributed by atoms with E-state index in [1.54, 1.807) is 0 Å². The van der Waals surface area contributed by atoms with Crippen molar-refractivity contribution in [1.29, 1.82) is 0 Å². The van der Waals surface area contributed by atoms with Gasteiger partial charge in [-0.05, 0) is 18.2 Å². The first-order valence-corrected chi connectivity index (χ1v) is 6.35. The normalized spacial score (nSPS) is 11.8. The highest BCUT2D eigenvalue weighted by molar-refractivity contribution is 7.86. The summed E-state index contributed by atoms with van der Waals surface area (Å²) in [5.41, 5.74) is 10.3. The van der Waals surface area contributed by atoms with Crippen LogP contribution < -0.4 is 16.8 Å². The molecule has 1 aromatic rings. The van der Waals surface area contributed by atoms with Gasteiger partial charge in [0.15, 0.2) is 0 Å². The van der Waals surface area contributed by atoms with Crippen LogP contribution in [0.25, 0.3) is 0 Å². The molecule has 18 heavy (non-hydrogen) atoms. The van der Waals surface area contributed by atoms with Crippen molar-refractivity contribution >= 4 is 34.0 Å². The van der Waals surface area contributed by atoms with Crippen LogP contribution in [-0.2, 0) is 20.4 Å². The summed E-state index contributed by atoms with van der Waals surface area (Å²) in [7, 11) is -1.66. The highest BCUT2D eigenvalue weighted by Gasteiger charge is 2.11. The van der Waals surface area contributed by atoms with Crippen molar-refractivity contribution in [1.82, 2.24) is 0 Å². The van der Waals surface area contributed by atoms with Crippen LogP contribution in [-0.4, -0.2) is 27.5 Å². The highest BCUT2D eigenvalue weighted by atomic mass is 32.2. The second-order valence-electron chi connectivity index (χ2n) is 3.48. The minimum atomic E-state index is -1.66. The van der Waals surface area contributed by atoms with Gasteiger partial charge in [-0.15, -0.1) is 0 Å². The van der Waals surface area contributed by atoms with E-state index in [9.17, 15) is 18.2 Å². The summed E-state index contributed by atoms with van der Waals surface area (Å²) in [6, 6.07) is 3.66. The standard InChI is InChI=1S/C10H12FN3O3S/c11-7-2-1-6(3-8(7)12)14-10(16)5-18(17)4-9(13)15/h1-3H,4-5,12H2,(H2,13,15)(H,14,16). The summed E-state index contributed by atoms with van der Waals surface area (Å²) in [4.78, 5) is 21.9. The number of hydrogen-bond donors (Lipinski definition) is 3. The van der Waals surface area contributed by atoms with Gasteiger partial charge in [0.05, 0.1) is 5.69 Å². The minimum absolute atomic E-state index is 0.106. The molecule has 1 aromatic carbocycles. The highest BCUT2D eigenvalue weighted by Crippen LogP contribution is 2.16. The molecular formula is C10H12FN3O3S. The van der Waals surface area contributed by atoms with Crippen LogP contribution in [0.1, 0.15) is 0 Å². The third kappa shape index (κ3) is 4.50. The van der Waals surface area contributed by atoms with E-state index < -0.39 is 28.4 Å². The summed E-state index contributed by atoms with van der Waals surface area (Å²) in [5, 5.41) is 2.38. The van der Waals surface area contributed by atoms with Gasteiger partial charge in [0.2, 0.25) is 11.8 Å². The largest absolute Gasteiger partial charge is 0.396 e. The van der Waals surface area contributed by atoms with Gasteiger partial charge in [-0.25, -0.2) is 4.39 Å². The molecule has 0 bridgehead atoms. The SMILES string of the molecule is NC(=O)CS(=O)CC(=O)Nc1ccc(F)c(N)c1. The number of halogens is 1. The van der Waals surface area contributed by atoms with Gasteiger partial charge in [-0.3, -0.25) is 13.8 Å². The first kappa shape index (κ1) is 14.1. The molecule has 5 N–H and O–H groups in total. The van der Waals surface area contributed by atoms with Gasteiger partial charge in [0.1, 0.15) is 17.3 Å². The maximum atomic E-state index is 12.9. The molecule has 6 nitrogen and oxygen atoms in total. The maximum absolute atomic E-state index is 12.9. The van der Waals surface area contributed by atoms with Gasteiger partial charge in [-0.2, -0.15) is 0 Å². The monoisotopic (exact) mass is 273 g/mol. The first-order chi connectivity index (χ1) is 8.38. The minimum Gasteiger partial charge on any atom is -0.396 e. The van der Waals surface area contributed by atoms with Gasteiger partial charge in [0, 0.05) is 16.5 Å². The Morgan fingerprint density at radius 2 is 2.00 bits per heavy atom. The predicted octanol–water partition coefficient (Wildman–Crippen LogP) is -0.420. The van der Waals surface area contributed by atoms with Crippen LogP contribution in [0.5, 0.6) is 0 Å². The van der Waals surface area contributed by atoms with Crippen LogP contribution in [0.3, 0.4) is 0 Å². The zero-order valence-electron chi connectivity index (χ0n) is 9.31. The number of primary amides is 1. The number of carbonyl (C=O) groups is 2. The topological polar surface area (TPSA) is 115 Å². The Morgan fingerprint density at radius 3 is 2.56 bits per heavy atom. The Labute approximate surface area is 105 Å². The summed E-state index contributed by atoms with van der Waals surface area (Å²) in [6.45, 7) is 0. The van der Waals surface area contributed by atoms with E-state index in [2.05, 4.69) is 5.32 Å². The molecular weight excluding hydrogens is 261 g/mol. The van der Waals surface area contributed by atoms with E-state index in [1.165, 1.54) is 12.1 Å². The molecule has 0 heterocycles. The molecule has 98 valence electrons. The lowest BCUT2D eigenvalue weighted by molar-refractivity contribution is -0.115. The molecule has 0 fully saturated rings. The first-order valence-electron chi connectivity index (χ1n) is 4.86. The van der Waals surface area contributed by atoms with Crippen molar-refractivity contribution < 1.29 is 18.2 Å². The second kappa shape index (κ2) is 6.10. The molecule has 0 saturated carbocycles. The fourth-order valence-corrected chi connectivity index (χ4v) is 1.96. The van der Waals surface area contributed by atoms with E-state index in [-0.39, 0.29) is 22.9 Å². The van der Waals surface area contributed by atoms with Crippen LogP contribution in [0.15, 0.2) is 18.2 Å². The molecule has 1 atom stereocenters. The Balaban J connectivity index is 2.57. The van der Waals surface area contributed by atoms with Crippen LogP contribution in [0.4, 0.5) is 15.8 Å². The number of carbonyl (C=O) groups excluding carboxylic acids is 2. The molecule has 0 aliphatic rings. The number of rotatable bonds is 5. The Morgan fingerprint density at radius 1 is 1.33 bits per heavy atom. The van der Waals surface area contributed by atoms with Crippen LogP contribution >= 0.6 is 0 Å². The Hall–Kier alpha value is -1.96. The van der Waals surface area contributed by atoms with E-state index in [4.69, 9.17) is 11.5 Å². The summed E-state index contributed by atoms with van der Waals surface area (Å²) in [5.74, 6) is -2.64. The predicted molar refractivity (Wildman–Crippen MR) is 66.5 cm³/mol. The fraction of sp³-hybridized carbons (Fsp3) is 0.200. The lowest BCUT2D eigenvalue weighted by Gasteiger charge is -2.06. The number of hydrogen-bond acceptors (Lipinski definition) is 4. The van der Waals surface area contributed by atoms with Crippen LogP contribution in [0.2, 0.25) is 0 Å². The smallest absolute Gasteiger partial charge is 0.237 e. The van der Waals surface area contributed by atoms with Gasteiger partial charge in [-0.1, -0.05) is 0 Å². The van der Waals surface area contributed by atoms with Crippen molar-refractivity contribution in [2.24, 2.45) is 5.73 Å². The van der Waals surface area contributed by atoms with Crippen molar-refractivity contribution in [3.63, 3.8) is 0 Å². The quantitative estimate of drug-likeness (QED) is 0.632.